The minimum atomic E-state index is 0.0904. The van der Waals surface area contributed by atoms with Crippen LogP contribution >= 0.6 is 0 Å². The first-order valence-electron chi connectivity index (χ1n) is 5.92. The summed E-state index contributed by atoms with van der Waals surface area (Å²) in [6.45, 7) is 4.18. The van der Waals surface area contributed by atoms with Crippen molar-refractivity contribution >= 4 is 17.0 Å². The predicted octanol–water partition coefficient (Wildman–Crippen LogP) is 0.576. The summed E-state index contributed by atoms with van der Waals surface area (Å²) >= 11 is 0. The number of nitrogens with two attached hydrogens (primary N) is 1. The third-order valence-corrected chi connectivity index (χ3v) is 3.74. The number of aromatic nitrogens is 4. The highest BCUT2D eigenvalue weighted by Crippen LogP contribution is 2.33. The van der Waals surface area contributed by atoms with Crippen molar-refractivity contribution in [2.24, 2.45) is 0 Å². The molecule has 1 atom stereocenters. The molecule has 4 N–H and O–H groups in total. The number of hydrogen-bond donors (Lipinski definition) is 3. The van der Waals surface area contributed by atoms with Crippen molar-refractivity contribution < 1.29 is 0 Å². The second kappa shape index (κ2) is 3.66. The number of nitrogen functional groups attached to an aromatic ring is 1. The summed E-state index contributed by atoms with van der Waals surface area (Å²) in [6, 6.07) is 0. The number of nitrogens with one attached hydrogen (secondary N) is 2. The topological polar surface area (TPSA) is 92.5 Å². The maximum atomic E-state index is 5.81. The summed E-state index contributed by atoms with van der Waals surface area (Å²) < 4.78 is 0. The molecular formula is C11H16N6. The first-order chi connectivity index (χ1) is 8.25. The standard InChI is InChI=1S/C11H16N6/c1-2-11(3-4-13-5-11)10-16-7-8(12)14-6-15-9(7)17-10/h6,13H,2-5H2,1H3,(H3,12,14,15,16,17). The number of rotatable bonds is 2. The van der Waals surface area contributed by atoms with Gasteiger partial charge in [-0.15, -0.1) is 0 Å². The van der Waals surface area contributed by atoms with Gasteiger partial charge in [0, 0.05) is 12.0 Å². The van der Waals surface area contributed by atoms with Crippen LogP contribution in [0.1, 0.15) is 25.6 Å². The van der Waals surface area contributed by atoms with Gasteiger partial charge in [0.15, 0.2) is 11.5 Å². The van der Waals surface area contributed by atoms with Crippen LogP contribution in [0, 0.1) is 0 Å². The largest absolute Gasteiger partial charge is 0.382 e. The van der Waals surface area contributed by atoms with Gasteiger partial charge in [-0.05, 0) is 19.4 Å². The number of nitrogens with zero attached hydrogens (tertiary/aromatic N) is 3. The van der Waals surface area contributed by atoms with Crippen LogP contribution in [0.2, 0.25) is 0 Å². The Balaban J connectivity index is 2.14. The lowest BCUT2D eigenvalue weighted by atomic mass is 9.83. The van der Waals surface area contributed by atoms with Gasteiger partial charge in [-0.1, -0.05) is 6.92 Å². The first-order valence-corrected chi connectivity index (χ1v) is 5.92. The van der Waals surface area contributed by atoms with Crippen LogP contribution in [0.4, 0.5) is 5.82 Å². The Morgan fingerprint density at radius 3 is 3.00 bits per heavy atom. The molecule has 0 amide bonds. The van der Waals surface area contributed by atoms with E-state index < -0.39 is 0 Å². The summed E-state index contributed by atoms with van der Waals surface area (Å²) in [5.41, 5.74) is 7.32. The molecule has 90 valence electrons. The van der Waals surface area contributed by atoms with E-state index in [1.54, 1.807) is 0 Å². The molecular weight excluding hydrogens is 216 g/mol. The zero-order valence-electron chi connectivity index (χ0n) is 9.82. The average molecular weight is 232 g/mol. The van der Waals surface area contributed by atoms with E-state index in [4.69, 9.17) is 5.73 Å². The van der Waals surface area contributed by atoms with Crippen molar-refractivity contribution in [2.75, 3.05) is 18.8 Å². The Bertz CT molecular complexity index is 540. The molecule has 1 unspecified atom stereocenters. The average Bonchev–Trinajstić information content (AvgIpc) is 2.96. The predicted molar refractivity (Wildman–Crippen MR) is 65.6 cm³/mol. The zero-order valence-corrected chi connectivity index (χ0v) is 9.82. The molecule has 0 saturated carbocycles. The molecule has 0 aromatic carbocycles. The van der Waals surface area contributed by atoms with Gasteiger partial charge in [-0.25, -0.2) is 15.0 Å². The second-order valence-corrected chi connectivity index (χ2v) is 4.60. The summed E-state index contributed by atoms with van der Waals surface area (Å²) in [4.78, 5) is 16.0. The lowest BCUT2D eigenvalue weighted by molar-refractivity contribution is 0.430. The van der Waals surface area contributed by atoms with Gasteiger partial charge in [0.05, 0.1) is 0 Å². The van der Waals surface area contributed by atoms with Crippen molar-refractivity contribution in [3.63, 3.8) is 0 Å². The second-order valence-electron chi connectivity index (χ2n) is 4.60. The summed E-state index contributed by atoms with van der Waals surface area (Å²) in [7, 11) is 0. The van der Waals surface area contributed by atoms with E-state index in [1.807, 2.05) is 0 Å². The zero-order chi connectivity index (χ0) is 11.9. The summed E-state index contributed by atoms with van der Waals surface area (Å²) in [5.74, 6) is 1.44. The van der Waals surface area contributed by atoms with Crippen LogP contribution in [-0.4, -0.2) is 33.0 Å². The summed E-state index contributed by atoms with van der Waals surface area (Å²) in [5, 5.41) is 3.39. The summed E-state index contributed by atoms with van der Waals surface area (Å²) in [6.07, 6.45) is 3.59. The number of hydrogen-bond acceptors (Lipinski definition) is 5. The molecule has 0 aliphatic carbocycles. The van der Waals surface area contributed by atoms with Crippen LogP contribution in [0.5, 0.6) is 0 Å². The quantitative estimate of drug-likeness (QED) is 0.704. The van der Waals surface area contributed by atoms with Gasteiger partial charge in [0.25, 0.3) is 0 Å². The molecule has 1 fully saturated rings. The van der Waals surface area contributed by atoms with Crippen molar-refractivity contribution in [3.05, 3.63) is 12.2 Å². The van der Waals surface area contributed by atoms with Gasteiger partial charge < -0.3 is 16.0 Å². The number of anilines is 1. The molecule has 1 aliphatic heterocycles. The van der Waals surface area contributed by atoms with E-state index in [0.717, 1.165) is 37.3 Å². The smallest absolute Gasteiger partial charge is 0.183 e. The van der Waals surface area contributed by atoms with Gasteiger partial charge in [0.2, 0.25) is 0 Å². The molecule has 0 radical (unpaired) electrons. The number of aromatic amines is 1. The minimum Gasteiger partial charge on any atom is -0.382 e. The van der Waals surface area contributed by atoms with Crippen molar-refractivity contribution in [1.82, 2.24) is 25.3 Å². The highest BCUT2D eigenvalue weighted by atomic mass is 15.1. The van der Waals surface area contributed by atoms with E-state index >= 15 is 0 Å². The molecule has 0 bridgehead atoms. The third kappa shape index (κ3) is 1.48. The van der Waals surface area contributed by atoms with Crippen molar-refractivity contribution in [1.29, 1.82) is 0 Å². The fraction of sp³-hybridized carbons (Fsp3) is 0.545. The Labute approximate surface area is 99.1 Å². The van der Waals surface area contributed by atoms with Crippen LogP contribution in [0.25, 0.3) is 11.2 Å². The van der Waals surface area contributed by atoms with Gasteiger partial charge in [-0.2, -0.15) is 0 Å². The fourth-order valence-corrected chi connectivity index (χ4v) is 2.51. The molecule has 17 heavy (non-hydrogen) atoms. The van der Waals surface area contributed by atoms with E-state index in [0.29, 0.717) is 11.5 Å². The number of imidazole rings is 1. The lowest BCUT2D eigenvalue weighted by Crippen LogP contribution is -2.29. The Morgan fingerprint density at radius 2 is 2.35 bits per heavy atom. The minimum absolute atomic E-state index is 0.0904. The van der Waals surface area contributed by atoms with Gasteiger partial charge >= 0.3 is 0 Å². The van der Waals surface area contributed by atoms with Crippen molar-refractivity contribution in [2.45, 2.75) is 25.2 Å². The fourth-order valence-electron chi connectivity index (χ4n) is 2.51. The van der Waals surface area contributed by atoms with E-state index in [-0.39, 0.29) is 5.41 Å². The van der Waals surface area contributed by atoms with Crippen LogP contribution in [0.3, 0.4) is 0 Å². The van der Waals surface area contributed by atoms with Crippen LogP contribution in [-0.2, 0) is 5.41 Å². The molecule has 2 aromatic heterocycles. The molecule has 6 nitrogen and oxygen atoms in total. The molecule has 1 saturated heterocycles. The maximum Gasteiger partial charge on any atom is 0.183 e. The van der Waals surface area contributed by atoms with Gasteiger partial charge in [0.1, 0.15) is 17.7 Å². The maximum absolute atomic E-state index is 5.81. The van der Waals surface area contributed by atoms with E-state index in [2.05, 4.69) is 32.2 Å². The van der Waals surface area contributed by atoms with Crippen LogP contribution in [0.15, 0.2) is 6.33 Å². The molecule has 1 aliphatic rings. The first kappa shape index (κ1) is 10.5. The SMILES string of the molecule is CCC1(c2nc3ncnc(N)c3[nH]2)CCNC1. The van der Waals surface area contributed by atoms with Crippen molar-refractivity contribution in [3.8, 4) is 0 Å². The number of H-pyrrole nitrogens is 1. The van der Waals surface area contributed by atoms with E-state index in [1.165, 1.54) is 6.33 Å². The van der Waals surface area contributed by atoms with Gasteiger partial charge in [-0.3, -0.25) is 0 Å². The Hall–Kier alpha value is -1.69. The Kier molecular flexibility index (Phi) is 2.25. The number of fused-ring (bicyclic) bond motifs is 1. The molecule has 0 spiro atoms. The highest BCUT2D eigenvalue weighted by molar-refractivity contribution is 5.81. The molecule has 3 heterocycles. The Morgan fingerprint density at radius 1 is 1.47 bits per heavy atom. The van der Waals surface area contributed by atoms with Crippen LogP contribution < -0.4 is 11.1 Å². The molecule has 6 heteroatoms. The third-order valence-electron chi connectivity index (χ3n) is 3.74. The molecule has 2 aromatic rings. The van der Waals surface area contributed by atoms with E-state index in [9.17, 15) is 0 Å². The normalized spacial score (nSPS) is 24.5. The lowest BCUT2D eigenvalue weighted by Gasteiger charge is -2.23. The highest BCUT2D eigenvalue weighted by Gasteiger charge is 2.37. The molecule has 3 rings (SSSR count). The monoisotopic (exact) mass is 232 g/mol.